The van der Waals surface area contributed by atoms with Crippen LogP contribution < -0.4 is 5.56 Å². The molecule has 0 saturated heterocycles. The highest BCUT2D eigenvalue weighted by molar-refractivity contribution is 5.93. The Kier molecular flexibility index (Phi) is 3.02. The minimum atomic E-state index is -0.289. The van der Waals surface area contributed by atoms with Crippen molar-refractivity contribution in [1.29, 1.82) is 5.26 Å². The summed E-state index contributed by atoms with van der Waals surface area (Å²) in [5.74, 6) is -0.289. The Morgan fingerprint density at radius 1 is 1.64 bits per heavy atom. The number of amides is 1. The second-order valence-electron chi connectivity index (χ2n) is 2.76. The zero-order valence-corrected chi connectivity index (χ0v) is 7.65. The Morgan fingerprint density at radius 2 is 2.36 bits per heavy atom. The van der Waals surface area contributed by atoms with Crippen molar-refractivity contribution in [2.75, 3.05) is 13.6 Å². The van der Waals surface area contributed by atoms with Crippen molar-refractivity contribution < 1.29 is 4.79 Å². The summed E-state index contributed by atoms with van der Waals surface area (Å²) in [5, 5.41) is 8.37. The first-order chi connectivity index (χ1) is 6.65. The van der Waals surface area contributed by atoms with Crippen LogP contribution >= 0.6 is 0 Å². The number of nitrogens with one attached hydrogen (secondary N) is 1. The van der Waals surface area contributed by atoms with Crippen LogP contribution in [0.5, 0.6) is 0 Å². The molecule has 5 nitrogen and oxygen atoms in total. The van der Waals surface area contributed by atoms with Crippen molar-refractivity contribution in [3.63, 3.8) is 0 Å². The molecule has 0 spiro atoms. The van der Waals surface area contributed by atoms with E-state index in [-0.39, 0.29) is 18.0 Å². The number of H-pyrrole nitrogens is 1. The number of hydrogen-bond donors (Lipinski definition) is 1. The molecule has 1 rings (SSSR count). The maximum atomic E-state index is 11.5. The number of nitriles is 1. The maximum absolute atomic E-state index is 11.5. The van der Waals surface area contributed by atoms with Crippen molar-refractivity contribution in [2.24, 2.45) is 0 Å². The largest absolute Gasteiger partial charge is 0.328 e. The first-order valence-corrected chi connectivity index (χ1v) is 3.96. The van der Waals surface area contributed by atoms with Crippen LogP contribution in [-0.4, -0.2) is 29.4 Å². The second kappa shape index (κ2) is 4.23. The van der Waals surface area contributed by atoms with Gasteiger partial charge in [-0.05, 0) is 6.07 Å². The summed E-state index contributed by atoms with van der Waals surface area (Å²) in [7, 11) is 1.52. The van der Waals surface area contributed by atoms with Gasteiger partial charge in [-0.25, -0.2) is 0 Å². The minimum Gasteiger partial charge on any atom is -0.328 e. The molecule has 0 unspecified atom stereocenters. The lowest BCUT2D eigenvalue weighted by atomic mass is 10.2. The monoisotopic (exact) mass is 191 g/mol. The number of rotatable bonds is 2. The summed E-state index contributed by atoms with van der Waals surface area (Å²) < 4.78 is 0. The normalized spacial score (nSPS) is 9.14. The fraction of sp³-hybridized carbons (Fsp3) is 0.222. The molecule has 5 heteroatoms. The van der Waals surface area contributed by atoms with E-state index in [2.05, 4.69) is 4.98 Å². The molecule has 1 aromatic heterocycles. The van der Waals surface area contributed by atoms with Crippen LogP contribution in [0.25, 0.3) is 0 Å². The molecule has 0 radical (unpaired) electrons. The molecule has 1 N–H and O–H groups in total. The molecule has 0 aliphatic rings. The first-order valence-electron chi connectivity index (χ1n) is 3.96. The Hall–Kier alpha value is -2.09. The first kappa shape index (κ1) is 9.99. The van der Waals surface area contributed by atoms with Crippen molar-refractivity contribution in [3.8, 4) is 6.07 Å². The van der Waals surface area contributed by atoms with E-state index in [0.717, 1.165) is 0 Å². The van der Waals surface area contributed by atoms with Crippen molar-refractivity contribution in [1.82, 2.24) is 9.88 Å². The number of aromatic amines is 1. The summed E-state index contributed by atoms with van der Waals surface area (Å²) >= 11 is 0. The highest BCUT2D eigenvalue weighted by Gasteiger charge is 2.10. The second-order valence-corrected chi connectivity index (χ2v) is 2.76. The Bertz CT molecular complexity index is 410. The third kappa shape index (κ3) is 2.20. The molecule has 0 saturated carbocycles. The summed E-state index contributed by atoms with van der Waals surface area (Å²) in [6.45, 7) is 0.0258. The molecule has 0 aliphatic carbocycles. The van der Waals surface area contributed by atoms with Gasteiger partial charge in [-0.2, -0.15) is 5.26 Å². The SMILES string of the molecule is CN(CC#N)C(=O)c1ccc(=O)[nH]c1. The number of carbonyl (C=O) groups is 1. The number of aromatic nitrogens is 1. The zero-order valence-electron chi connectivity index (χ0n) is 7.65. The quantitative estimate of drug-likeness (QED) is 0.667. The highest BCUT2D eigenvalue weighted by atomic mass is 16.2. The van der Waals surface area contributed by atoms with Gasteiger partial charge in [0.2, 0.25) is 5.56 Å². The highest BCUT2D eigenvalue weighted by Crippen LogP contribution is 1.98. The number of nitrogens with zero attached hydrogens (tertiary/aromatic N) is 2. The summed E-state index contributed by atoms with van der Waals surface area (Å²) in [4.78, 5) is 25.9. The number of pyridine rings is 1. The molecule has 0 bridgehead atoms. The summed E-state index contributed by atoms with van der Waals surface area (Å²) in [6, 6.07) is 4.56. The van der Waals surface area contributed by atoms with E-state index in [9.17, 15) is 9.59 Å². The van der Waals surface area contributed by atoms with Gasteiger partial charge in [-0.1, -0.05) is 0 Å². The van der Waals surface area contributed by atoms with E-state index < -0.39 is 0 Å². The third-order valence-electron chi connectivity index (χ3n) is 1.69. The smallest absolute Gasteiger partial charge is 0.255 e. The topological polar surface area (TPSA) is 77.0 Å². The van der Waals surface area contributed by atoms with Crippen LogP contribution in [0.15, 0.2) is 23.1 Å². The number of carbonyl (C=O) groups excluding carboxylic acids is 1. The van der Waals surface area contributed by atoms with Crippen molar-refractivity contribution in [3.05, 3.63) is 34.2 Å². The van der Waals surface area contributed by atoms with Crippen LogP contribution in [0.3, 0.4) is 0 Å². The van der Waals surface area contributed by atoms with E-state index in [4.69, 9.17) is 5.26 Å². The predicted molar refractivity (Wildman–Crippen MR) is 49.6 cm³/mol. The van der Waals surface area contributed by atoms with Gasteiger partial charge in [-0.3, -0.25) is 9.59 Å². The lowest BCUT2D eigenvalue weighted by molar-refractivity contribution is 0.0811. The molecule has 0 aliphatic heterocycles. The van der Waals surface area contributed by atoms with Gasteiger partial charge in [0.25, 0.3) is 5.91 Å². The predicted octanol–water partition coefficient (Wildman–Crippen LogP) is -0.0295. The third-order valence-corrected chi connectivity index (χ3v) is 1.69. The molecule has 0 fully saturated rings. The minimum absolute atomic E-state index is 0.0258. The molecule has 0 aromatic carbocycles. The molecule has 0 atom stereocenters. The fourth-order valence-corrected chi connectivity index (χ4v) is 0.942. The van der Waals surface area contributed by atoms with Crippen LogP contribution in [0.2, 0.25) is 0 Å². The molecule has 72 valence electrons. The van der Waals surface area contributed by atoms with Gasteiger partial charge in [0.1, 0.15) is 6.54 Å². The Morgan fingerprint density at radius 3 is 2.86 bits per heavy atom. The number of hydrogen-bond acceptors (Lipinski definition) is 3. The lowest BCUT2D eigenvalue weighted by Crippen LogP contribution is -2.27. The van der Waals surface area contributed by atoms with Crippen LogP contribution in [0.4, 0.5) is 0 Å². The fourth-order valence-electron chi connectivity index (χ4n) is 0.942. The molecule has 1 heterocycles. The van der Waals surface area contributed by atoms with E-state index in [0.29, 0.717) is 5.56 Å². The summed E-state index contributed by atoms with van der Waals surface area (Å²) in [6.07, 6.45) is 1.33. The maximum Gasteiger partial charge on any atom is 0.255 e. The molecule has 1 aromatic rings. The van der Waals surface area contributed by atoms with E-state index >= 15 is 0 Å². The van der Waals surface area contributed by atoms with Gasteiger partial charge < -0.3 is 9.88 Å². The standard InChI is InChI=1S/C9H9N3O2/c1-12(5-4-10)9(14)7-2-3-8(13)11-6-7/h2-3,6H,5H2,1H3,(H,11,13). The Balaban J connectivity index is 2.85. The van der Waals surface area contributed by atoms with Gasteiger partial charge in [0.05, 0.1) is 11.6 Å². The van der Waals surface area contributed by atoms with Crippen molar-refractivity contribution >= 4 is 5.91 Å². The van der Waals surface area contributed by atoms with Crippen LogP contribution in [0.1, 0.15) is 10.4 Å². The van der Waals surface area contributed by atoms with Gasteiger partial charge >= 0.3 is 0 Å². The Labute approximate surface area is 80.6 Å². The van der Waals surface area contributed by atoms with Crippen LogP contribution in [-0.2, 0) is 0 Å². The van der Waals surface area contributed by atoms with E-state index in [1.165, 1.54) is 30.3 Å². The van der Waals surface area contributed by atoms with Crippen LogP contribution in [0, 0.1) is 11.3 Å². The van der Waals surface area contributed by atoms with E-state index in [1.54, 1.807) is 0 Å². The average molecular weight is 191 g/mol. The summed E-state index contributed by atoms with van der Waals surface area (Å²) in [5.41, 5.74) is 0.104. The van der Waals surface area contributed by atoms with Crippen molar-refractivity contribution in [2.45, 2.75) is 0 Å². The molecular weight excluding hydrogens is 182 g/mol. The van der Waals surface area contributed by atoms with Gasteiger partial charge in [0.15, 0.2) is 0 Å². The molecule has 1 amide bonds. The zero-order chi connectivity index (χ0) is 10.6. The van der Waals surface area contributed by atoms with Gasteiger partial charge in [-0.15, -0.1) is 0 Å². The average Bonchev–Trinajstić information content (AvgIpc) is 2.18. The lowest BCUT2D eigenvalue weighted by Gasteiger charge is -2.12. The molecular formula is C9H9N3O2. The van der Waals surface area contributed by atoms with E-state index in [1.807, 2.05) is 6.07 Å². The molecule has 14 heavy (non-hydrogen) atoms. The van der Waals surface area contributed by atoms with Gasteiger partial charge in [0, 0.05) is 19.3 Å².